The number of hydrogen-bond donors (Lipinski definition) is 0. The second kappa shape index (κ2) is 5.36. The van der Waals surface area contributed by atoms with Crippen molar-refractivity contribution in [2.45, 2.75) is 26.4 Å². The predicted molar refractivity (Wildman–Crippen MR) is 84.2 cm³/mol. The lowest BCUT2D eigenvalue weighted by molar-refractivity contribution is 0.0533. The maximum absolute atomic E-state index is 12.1. The minimum absolute atomic E-state index is 0.348. The van der Waals surface area contributed by atoms with Gasteiger partial charge in [-0.15, -0.1) is 0 Å². The van der Waals surface area contributed by atoms with Gasteiger partial charge in [-0.05, 0) is 55.0 Å². The fraction of sp³-hybridized carbons (Fsp3) is 0.267. The van der Waals surface area contributed by atoms with Crippen molar-refractivity contribution in [3.63, 3.8) is 0 Å². The van der Waals surface area contributed by atoms with Crippen molar-refractivity contribution < 1.29 is 9.53 Å². The van der Waals surface area contributed by atoms with Gasteiger partial charge in [-0.2, -0.15) is 0 Å². The van der Waals surface area contributed by atoms with E-state index in [9.17, 15) is 4.79 Å². The summed E-state index contributed by atoms with van der Waals surface area (Å²) in [6.07, 6.45) is 1.46. The van der Waals surface area contributed by atoms with Crippen LogP contribution in [-0.2, 0) is 4.74 Å². The van der Waals surface area contributed by atoms with Gasteiger partial charge in [-0.25, -0.2) is 9.36 Å². The minimum atomic E-state index is -0.489. The van der Waals surface area contributed by atoms with Crippen molar-refractivity contribution in [1.29, 1.82) is 0 Å². The normalized spacial score (nSPS) is 11.4. The maximum atomic E-state index is 12.1. The van der Waals surface area contributed by atoms with Gasteiger partial charge in [-0.1, -0.05) is 30.3 Å². The highest BCUT2D eigenvalue weighted by Gasteiger charge is 2.19. The molecule has 1 aromatic heterocycles. The summed E-state index contributed by atoms with van der Waals surface area (Å²) in [6.45, 7) is 5.58. The standard InChI is InChI=1S/C15H16INO2/c1-15(2,3)19-14(18)17-10-12(9-13(17)16)11-7-5-4-6-8-11/h4-10H,1-3H3. The Morgan fingerprint density at radius 2 is 1.79 bits per heavy atom. The number of halogens is 1. The van der Waals surface area contributed by atoms with Crippen molar-refractivity contribution >= 4 is 28.7 Å². The molecule has 0 unspecified atom stereocenters. The van der Waals surface area contributed by atoms with Gasteiger partial charge in [0, 0.05) is 11.8 Å². The molecule has 2 aromatic rings. The first-order valence-corrected chi connectivity index (χ1v) is 7.11. The molecule has 19 heavy (non-hydrogen) atoms. The lowest BCUT2D eigenvalue weighted by Crippen LogP contribution is -2.27. The zero-order valence-corrected chi connectivity index (χ0v) is 13.3. The summed E-state index contributed by atoms with van der Waals surface area (Å²) in [5.41, 5.74) is 1.61. The largest absolute Gasteiger partial charge is 0.443 e. The molecule has 0 N–H and O–H groups in total. The summed E-state index contributed by atoms with van der Waals surface area (Å²) in [7, 11) is 0. The fourth-order valence-corrected chi connectivity index (χ4v) is 2.35. The van der Waals surface area contributed by atoms with Gasteiger partial charge in [0.1, 0.15) is 5.60 Å². The molecule has 100 valence electrons. The average molecular weight is 369 g/mol. The number of hydrogen-bond acceptors (Lipinski definition) is 2. The monoisotopic (exact) mass is 369 g/mol. The molecule has 1 heterocycles. The van der Waals surface area contributed by atoms with Gasteiger partial charge in [0.2, 0.25) is 0 Å². The molecule has 0 aliphatic carbocycles. The molecule has 0 fully saturated rings. The number of ether oxygens (including phenoxy) is 1. The summed E-state index contributed by atoms with van der Waals surface area (Å²) in [4.78, 5) is 12.1. The third-order valence-electron chi connectivity index (χ3n) is 2.47. The molecule has 0 aliphatic heterocycles. The second-order valence-electron chi connectivity index (χ2n) is 5.27. The van der Waals surface area contributed by atoms with E-state index in [1.807, 2.05) is 63.4 Å². The van der Waals surface area contributed by atoms with Gasteiger partial charge in [0.05, 0.1) is 3.70 Å². The van der Waals surface area contributed by atoms with E-state index in [0.717, 1.165) is 14.8 Å². The average Bonchev–Trinajstić information content (AvgIpc) is 2.70. The van der Waals surface area contributed by atoms with E-state index in [1.165, 1.54) is 4.57 Å². The molecule has 4 heteroatoms. The van der Waals surface area contributed by atoms with Crippen LogP contribution >= 0.6 is 22.6 Å². The molecule has 2 rings (SSSR count). The molecule has 0 aliphatic rings. The van der Waals surface area contributed by atoms with Crippen LogP contribution in [0.2, 0.25) is 0 Å². The fourth-order valence-electron chi connectivity index (χ4n) is 1.68. The van der Waals surface area contributed by atoms with Crippen LogP contribution in [0.4, 0.5) is 4.79 Å². The van der Waals surface area contributed by atoms with Crippen LogP contribution in [0.1, 0.15) is 20.8 Å². The van der Waals surface area contributed by atoms with Gasteiger partial charge >= 0.3 is 6.09 Å². The number of carbonyl (C=O) groups is 1. The zero-order valence-electron chi connectivity index (χ0n) is 11.2. The Morgan fingerprint density at radius 1 is 1.16 bits per heavy atom. The maximum Gasteiger partial charge on any atom is 0.419 e. The van der Waals surface area contributed by atoms with Crippen molar-refractivity contribution in [2.24, 2.45) is 0 Å². The molecule has 0 radical (unpaired) electrons. The molecule has 0 amide bonds. The number of aromatic nitrogens is 1. The molecule has 0 spiro atoms. The first-order valence-electron chi connectivity index (χ1n) is 6.03. The highest BCUT2D eigenvalue weighted by atomic mass is 127. The van der Waals surface area contributed by atoms with E-state index in [0.29, 0.717) is 0 Å². The second-order valence-corrected chi connectivity index (χ2v) is 6.37. The minimum Gasteiger partial charge on any atom is -0.443 e. The van der Waals surface area contributed by atoms with Crippen LogP contribution in [0.15, 0.2) is 42.6 Å². The van der Waals surface area contributed by atoms with Gasteiger partial charge in [0.15, 0.2) is 0 Å². The Bertz CT molecular complexity index is 582. The van der Waals surface area contributed by atoms with Crippen LogP contribution in [-0.4, -0.2) is 16.3 Å². The van der Waals surface area contributed by atoms with Crippen LogP contribution in [0.5, 0.6) is 0 Å². The van der Waals surface area contributed by atoms with Crippen molar-refractivity contribution in [2.75, 3.05) is 0 Å². The van der Waals surface area contributed by atoms with Crippen LogP contribution in [0, 0.1) is 3.70 Å². The highest BCUT2D eigenvalue weighted by molar-refractivity contribution is 14.1. The third kappa shape index (κ3) is 3.59. The van der Waals surface area contributed by atoms with Crippen LogP contribution in [0.3, 0.4) is 0 Å². The predicted octanol–water partition coefficient (Wildman–Crippen LogP) is 4.54. The lowest BCUT2D eigenvalue weighted by Gasteiger charge is -2.19. The van der Waals surface area contributed by atoms with E-state index in [1.54, 1.807) is 0 Å². The first-order chi connectivity index (χ1) is 8.87. The quantitative estimate of drug-likeness (QED) is 0.691. The highest BCUT2D eigenvalue weighted by Crippen LogP contribution is 2.23. The molecule has 1 aromatic carbocycles. The number of benzene rings is 1. The third-order valence-corrected chi connectivity index (χ3v) is 3.30. The molecule has 0 saturated carbocycles. The van der Waals surface area contributed by atoms with Crippen molar-refractivity contribution in [1.82, 2.24) is 4.57 Å². The summed E-state index contributed by atoms with van der Waals surface area (Å²) < 4.78 is 7.75. The SMILES string of the molecule is CC(C)(C)OC(=O)n1cc(-c2ccccc2)cc1I. The number of rotatable bonds is 1. The Balaban J connectivity index is 2.30. The van der Waals surface area contributed by atoms with Crippen molar-refractivity contribution in [3.8, 4) is 11.1 Å². The Hall–Kier alpha value is -1.30. The summed E-state index contributed by atoms with van der Waals surface area (Å²) in [5.74, 6) is 0. The lowest BCUT2D eigenvalue weighted by atomic mass is 10.1. The van der Waals surface area contributed by atoms with E-state index in [-0.39, 0.29) is 6.09 Å². The molecule has 3 nitrogen and oxygen atoms in total. The summed E-state index contributed by atoms with van der Waals surface area (Å²) in [5, 5.41) is 0. The smallest absolute Gasteiger partial charge is 0.419 e. The van der Waals surface area contributed by atoms with E-state index >= 15 is 0 Å². The van der Waals surface area contributed by atoms with Gasteiger partial charge in [-0.3, -0.25) is 0 Å². The first kappa shape index (κ1) is 14.1. The zero-order chi connectivity index (χ0) is 14.0. The molecule has 0 bridgehead atoms. The molecular weight excluding hydrogens is 353 g/mol. The molecule has 0 saturated heterocycles. The molecule has 0 atom stereocenters. The summed E-state index contributed by atoms with van der Waals surface area (Å²) in [6, 6.07) is 11.9. The van der Waals surface area contributed by atoms with E-state index < -0.39 is 5.60 Å². The van der Waals surface area contributed by atoms with E-state index in [4.69, 9.17) is 4.74 Å². The summed E-state index contributed by atoms with van der Waals surface area (Å²) >= 11 is 2.14. The number of carbonyl (C=O) groups excluding carboxylic acids is 1. The van der Waals surface area contributed by atoms with Crippen LogP contribution < -0.4 is 0 Å². The Kier molecular flexibility index (Phi) is 3.99. The topological polar surface area (TPSA) is 31.2 Å². The van der Waals surface area contributed by atoms with Crippen LogP contribution in [0.25, 0.3) is 11.1 Å². The van der Waals surface area contributed by atoms with Crippen molar-refractivity contribution in [3.05, 3.63) is 46.3 Å². The van der Waals surface area contributed by atoms with Gasteiger partial charge < -0.3 is 4.74 Å². The Morgan fingerprint density at radius 3 is 2.37 bits per heavy atom. The number of nitrogens with zero attached hydrogens (tertiary/aromatic N) is 1. The van der Waals surface area contributed by atoms with E-state index in [2.05, 4.69) is 22.6 Å². The Labute approximate surface area is 126 Å². The molecular formula is C15H16INO2. The van der Waals surface area contributed by atoms with Gasteiger partial charge in [0.25, 0.3) is 0 Å².